The van der Waals surface area contributed by atoms with Crippen LogP contribution in [0.4, 0.5) is 0 Å². The van der Waals surface area contributed by atoms with Crippen LogP contribution in [0.5, 0.6) is 0 Å². The summed E-state index contributed by atoms with van der Waals surface area (Å²) < 4.78 is 0. The zero-order valence-corrected chi connectivity index (χ0v) is 30.8. The van der Waals surface area contributed by atoms with E-state index in [9.17, 15) is 0 Å². The minimum absolute atomic E-state index is 0.410. The number of fused-ring (bicyclic) bond motifs is 4. The van der Waals surface area contributed by atoms with E-state index in [0.29, 0.717) is 10.1 Å². The third-order valence-electron chi connectivity index (χ3n) is 9.72. The normalized spacial score (nSPS) is 12.5. The summed E-state index contributed by atoms with van der Waals surface area (Å²) >= 11 is 0. The van der Waals surface area contributed by atoms with Crippen molar-refractivity contribution in [2.75, 3.05) is 0 Å². The molecule has 0 atom stereocenters. The number of hydrogen-bond donors (Lipinski definition) is 0. The van der Waals surface area contributed by atoms with Gasteiger partial charge in [0.2, 0.25) is 0 Å². The summed E-state index contributed by atoms with van der Waals surface area (Å²) in [5, 5.41) is 11.0. The van der Waals surface area contributed by atoms with Gasteiger partial charge in [0.25, 0.3) is 0 Å². The quantitative estimate of drug-likeness (QED) is 0.0838. The van der Waals surface area contributed by atoms with Crippen molar-refractivity contribution < 1.29 is 0 Å². The van der Waals surface area contributed by atoms with Gasteiger partial charge in [-0.1, -0.05) is 153 Å². The molecule has 0 N–H and O–H groups in total. The van der Waals surface area contributed by atoms with Crippen molar-refractivity contribution in [3.8, 4) is 22.9 Å². The van der Waals surface area contributed by atoms with Gasteiger partial charge in [0.1, 0.15) is 19.0 Å². The van der Waals surface area contributed by atoms with Crippen LogP contribution in [0.1, 0.15) is 104 Å². The smallest absolute Gasteiger partial charge is 0.113 e. The van der Waals surface area contributed by atoms with E-state index < -0.39 is 19.0 Å². The van der Waals surface area contributed by atoms with Crippen LogP contribution in [0.3, 0.4) is 0 Å². The Morgan fingerprint density at radius 2 is 0.841 bits per heavy atom. The van der Waals surface area contributed by atoms with Crippen LogP contribution in [-0.4, -0.2) is 19.0 Å². The molecule has 0 heterocycles. The Bertz CT molecular complexity index is 1760. The topological polar surface area (TPSA) is 0 Å². The van der Waals surface area contributed by atoms with Gasteiger partial charge in [-0.15, -0.1) is 11.1 Å². The maximum atomic E-state index is 3.84. The second-order valence-electron chi connectivity index (χ2n) is 13.8. The molecule has 0 aromatic heterocycles. The van der Waals surface area contributed by atoms with E-state index in [1.807, 2.05) is 0 Å². The van der Waals surface area contributed by atoms with Crippen LogP contribution in [0.25, 0.3) is 43.1 Å². The molecule has 2 heteroatoms. The monoisotopic (exact) mass is 610 g/mol. The second-order valence-corrected chi connectivity index (χ2v) is 18.6. The molecule has 226 valence electrons. The van der Waals surface area contributed by atoms with Crippen LogP contribution in [-0.2, 0) is 0 Å². The molecule has 5 aromatic rings. The van der Waals surface area contributed by atoms with Crippen molar-refractivity contribution in [2.24, 2.45) is 0 Å². The second kappa shape index (κ2) is 14.2. The minimum Gasteiger partial charge on any atom is -0.134 e. The summed E-state index contributed by atoms with van der Waals surface area (Å²) in [6, 6.07) is 27.1. The standard InChI is InChI=1S/C42H50Si2/c1-7-21-41(5,22-8-2)43-25-19-37-35-17-13-14-18-36(35)38(20-26-44-42(6,23-9-3)24-10-4)40-30-34-28-32-16-12-11-15-31(32)27-33(34)29-39(37)40/h11-18,27-30H,7-10,21-24,43-44H2,1-6H3. The van der Waals surface area contributed by atoms with Gasteiger partial charge in [-0.05, 0) is 77.4 Å². The molecule has 44 heavy (non-hydrogen) atoms. The minimum atomic E-state index is -0.571. The molecule has 0 aliphatic carbocycles. The highest BCUT2D eigenvalue weighted by molar-refractivity contribution is 6.50. The third kappa shape index (κ3) is 6.99. The van der Waals surface area contributed by atoms with Gasteiger partial charge in [-0.2, -0.15) is 0 Å². The number of rotatable bonds is 10. The van der Waals surface area contributed by atoms with Gasteiger partial charge < -0.3 is 0 Å². The van der Waals surface area contributed by atoms with Gasteiger partial charge in [-0.25, -0.2) is 0 Å². The van der Waals surface area contributed by atoms with E-state index in [1.165, 1.54) is 106 Å². The van der Waals surface area contributed by atoms with Crippen LogP contribution < -0.4 is 0 Å². The van der Waals surface area contributed by atoms with E-state index in [4.69, 9.17) is 0 Å². The highest BCUT2D eigenvalue weighted by atomic mass is 28.2. The lowest BCUT2D eigenvalue weighted by Gasteiger charge is -2.26. The van der Waals surface area contributed by atoms with Crippen molar-refractivity contribution in [2.45, 2.75) is 103 Å². The van der Waals surface area contributed by atoms with Crippen LogP contribution in [0, 0.1) is 22.9 Å². The summed E-state index contributed by atoms with van der Waals surface area (Å²) in [6.07, 6.45) is 10.1. The van der Waals surface area contributed by atoms with Gasteiger partial charge in [0.15, 0.2) is 0 Å². The first kappa shape index (κ1) is 32.1. The first-order chi connectivity index (χ1) is 21.3. The van der Waals surface area contributed by atoms with Crippen molar-refractivity contribution in [3.63, 3.8) is 0 Å². The Balaban J connectivity index is 1.76. The summed E-state index contributed by atoms with van der Waals surface area (Å²) in [5.74, 6) is 7.64. The zero-order valence-electron chi connectivity index (χ0n) is 28.0. The number of hydrogen-bond acceptors (Lipinski definition) is 0. The molecule has 0 amide bonds. The zero-order chi connectivity index (χ0) is 31.2. The highest BCUT2D eigenvalue weighted by Crippen LogP contribution is 2.38. The Morgan fingerprint density at radius 1 is 0.477 bits per heavy atom. The van der Waals surface area contributed by atoms with Crippen LogP contribution in [0.15, 0.2) is 72.8 Å². The molecule has 0 bridgehead atoms. The molecule has 0 radical (unpaired) electrons. The molecule has 0 fully saturated rings. The van der Waals surface area contributed by atoms with Gasteiger partial charge >= 0.3 is 0 Å². The van der Waals surface area contributed by atoms with Crippen molar-refractivity contribution >= 4 is 62.1 Å². The lowest BCUT2D eigenvalue weighted by molar-refractivity contribution is 0.500. The van der Waals surface area contributed by atoms with Crippen molar-refractivity contribution in [3.05, 3.63) is 83.9 Å². The lowest BCUT2D eigenvalue weighted by Crippen LogP contribution is -2.15. The molecule has 0 saturated carbocycles. The molecular formula is C42H50Si2. The maximum Gasteiger partial charge on any atom is 0.113 e. The SMILES string of the molecule is CCCC(C)(CCC)[SiH2]C#Cc1c2ccccc2c(C#C[SiH2]C(C)(CCC)CCC)c2cc3cc4ccccc4cc3cc12. The molecule has 0 unspecified atom stereocenters. The molecule has 0 aliphatic heterocycles. The molecule has 5 aromatic carbocycles. The van der Waals surface area contributed by atoms with E-state index in [0.717, 1.165) is 0 Å². The Morgan fingerprint density at radius 3 is 1.20 bits per heavy atom. The van der Waals surface area contributed by atoms with E-state index in [2.05, 4.69) is 137 Å². The Labute approximate surface area is 271 Å². The fraction of sp³-hybridized carbons (Fsp3) is 0.381. The number of benzene rings is 5. The predicted molar refractivity (Wildman–Crippen MR) is 204 cm³/mol. The molecule has 0 nitrogen and oxygen atoms in total. The Hall–Kier alpha value is -3.31. The first-order valence-electron chi connectivity index (χ1n) is 17.1. The fourth-order valence-corrected chi connectivity index (χ4v) is 11.1. The van der Waals surface area contributed by atoms with Crippen molar-refractivity contribution in [1.29, 1.82) is 0 Å². The first-order valence-corrected chi connectivity index (χ1v) is 19.9. The average Bonchev–Trinajstić information content (AvgIpc) is 3.00. The van der Waals surface area contributed by atoms with E-state index >= 15 is 0 Å². The van der Waals surface area contributed by atoms with Gasteiger partial charge in [0.05, 0.1) is 0 Å². The molecular weight excluding hydrogens is 561 g/mol. The summed E-state index contributed by atoms with van der Waals surface area (Å²) in [6.45, 7) is 14.3. The van der Waals surface area contributed by atoms with E-state index in [-0.39, 0.29) is 0 Å². The third-order valence-corrected chi connectivity index (χ3v) is 13.5. The molecule has 5 rings (SSSR count). The lowest BCUT2D eigenvalue weighted by atomic mass is 9.90. The van der Waals surface area contributed by atoms with E-state index in [1.54, 1.807) is 0 Å². The van der Waals surface area contributed by atoms with Gasteiger partial charge in [-0.3, -0.25) is 0 Å². The summed E-state index contributed by atoms with van der Waals surface area (Å²) in [7, 11) is -1.14. The molecule has 0 saturated heterocycles. The summed E-state index contributed by atoms with van der Waals surface area (Å²) in [4.78, 5) is 0. The Kier molecular flexibility index (Phi) is 10.4. The molecule has 0 aliphatic rings. The predicted octanol–water partition coefficient (Wildman–Crippen LogP) is 10.8. The average molecular weight is 611 g/mol. The van der Waals surface area contributed by atoms with Gasteiger partial charge in [0, 0.05) is 11.1 Å². The maximum absolute atomic E-state index is 3.84. The summed E-state index contributed by atoms with van der Waals surface area (Å²) in [5.41, 5.74) is 10.1. The van der Waals surface area contributed by atoms with Crippen LogP contribution >= 0.6 is 0 Å². The fourth-order valence-electron chi connectivity index (χ4n) is 7.59. The van der Waals surface area contributed by atoms with Crippen LogP contribution in [0.2, 0.25) is 10.1 Å². The van der Waals surface area contributed by atoms with Crippen molar-refractivity contribution in [1.82, 2.24) is 0 Å². The largest absolute Gasteiger partial charge is 0.134 e. The molecule has 0 spiro atoms. The highest BCUT2D eigenvalue weighted by Gasteiger charge is 2.23.